The van der Waals surface area contributed by atoms with Crippen LogP contribution in [0.2, 0.25) is 0 Å². The van der Waals surface area contributed by atoms with Crippen molar-refractivity contribution >= 4 is 17.1 Å². The summed E-state index contributed by atoms with van der Waals surface area (Å²) in [7, 11) is 0. The van der Waals surface area contributed by atoms with Crippen molar-refractivity contribution in [3.63, 3.8) is 0 Å². The van der Waals surface area contributed by atoms with Crippen LogP contribution >= 0.6 is 0 Å². The molecule has 0 bridgehead atoms. The highest BCUT2D eigenvalue weighted by molar-refractivity contribution is 5.77. The molecule has 3 heterocycles. The first-order chi connectivity index (χ1) is 17.5. The summed E-state index contributed by atoms with van der Waals surface area (Å²) in [4.78, 5) is 44.1. The minimum atomic E-state index is -0.583. The smallest absolute Gasteiger partial charge is 0.333 e. The lowest BCUT2D eigenvalue weighted by Gasteiger charge is -2.21. The third-order valence-corrected chi connectivity index (χ3v) is 6.25. The standard InChI is InChI=1S/C26H27N5O5/c1-3-29-16-27-24-23(29)25(33)31(26(34)30(24)14-18-7-5-4-6-8-18)15-22(32)28-17(2)19-9-10-20-21(13-19)36-12-11-35-20/h4-10,13,16-17H,3,11-12,14-15H2,1-2H3,(H,28,32)/t17-/m1/s1. The van der Waals surface area contributed by atoms with Crippen LogP contribution in [0.5, 0.6) is 11.5 Å². The average molecular weight is 490 g/mol. The Labute approximate surface area is 206 Å². The number of aromatic nitrogens is 4. The Bertz CT molecular complexity index is 1540. The van der Waals surface area contributed by atoms with Gasteiger partial charge in [-0.1, -0.05) is 36.4 Å². The van der Waals surface area contributed by atoms with Gasteiger partial charge in [-0.3, -0.25) is 14.2 Å². The van der Waals surface area contributed by atoms with Crippen molar-refractivity contribution in [1.29, 1.82) is 0 Å². The molecule has 1 N–H and O–H groups in total. The van der Waals surface area contributed by atoms with E-state index in [0.717, 1.165) is 15.7 Å². The summed E-state index contributed by atoms with van der Waals surface area (Å²) in [6, 6.07) is 14.5. The molecule has 0 unspecified atom stereocenters. The van der Waals surface area contributed by atoms with E-state index in [9.17, 15) is 14.4 Å². The van der Waals surface area contributed by atoms with Gasteiger partial charge >= 0.3 is 5.69 Å². The maximum Gasteiger partial charge on any atom is 0.333 e. The molecule has 0 aliphatic carbocycles. The molecule has 0 radical (unpaired) electrons. The zero-order chi connectivity index (χ0) is 25.2. The zero-order valence-corrected chi connectivity index (χ0v) is 20.1. The third-order valence-electron chi connectivity index (χ3n) is 6.25. The van der Waals surface area contributed by atoms with Gasteiger partial charge in [-0.2, -0.15) is 0 Å². The van der Waals surface area contributed by atoms with Crippen LogP contribution in [0.1, 0.15) is 31.0 Å². The minimum absolute atomic E-state index is 0.229. The van der Waals surface area contributed by atoms with Crippen molar-refractivity contribution < 1.29 is 14.3 Å². The van der Waals surface area contributed by atoms with E-state index in [1.807, 2.05) is 56.3 Å². The first kappa shape index (κ1) is 23.4. The number of fused-ring (bicyclic) bond motifs is 2. The van der Waals surface area contributed by atoms with E-state index in [-0.39, 0.29) is 12.6 Å². The van der Waals surface area contributed by atoms with E-state index in [4.69, 9.17) is 9.47 Å². The van der Waals surface area contributed by atoms with E-state index in [1.165, 1.54) is 4.57 Å². The van der Waals surface area contributed by atoms with Crippen molar-refractivity contribution in [2.24, 2.45) is 0 Å². The quantitative estimate of drug-likeness (QED) is 0.426. The maximum absolute atomic E-state index is 13.4. The predicted molar refractivity (Wildman–Crippen MR) is 133 cm³/mol. The summed E-state index contributed by atoms with van der Waals surface area (Å²) in [6.45, 7) is 5.00. The third kappa shape index (κ3) is 4.37. The summed E-state index contributed by atoms with van der Waals surface area (Å²) in [5.41, 5.74) is 1.17. The van der Waals surface area contributed by atoms with Crippen molar-refractivity contribution in [1.82, 2.24) is 24.0 Å². The van der Waals surface area contributed by atoms with Gasteiger partial charge in [0.25, 0.3) is 5.56 Å². The zero-order valence-electron chi connectivity index (χ0n) is 20.1. The molecule has 1 atom stereocenters. The fourth-order valence-corrected chi connectivity index (χ4v) is 4.37. The monoisotopic (exact) mass is 489 g/mol. The summed E-state index contributed by atoms with van der Waals surface area (Å²) >= 11 is 0. The molecule has 36 heavy (non-hydrogen) atoms. The number of rotatable bonds is 7. The Hall–Kier alpha value is -4.34. The Morgan fingerprint density at radius 1 is 1.06 bits per heavy atom. The Morgan fingerprint density at radius 3 is 2.56 bits per heavy atom. The van der Waals surface area contributed by atoms with Gasteiger partial charge in [0.05, 0.1) is 18.9 Å². The average Bonchev–Trinajstić information content (AvgIpc) is 3.33. The molecular formula is C26H27N5O5. The molecular weight excluding hydrogens is 462 g/mol. The number of nitrogens with one attached hydrogen (secondary N) is 1. The van der Waals surface area contributed by atoms with Gasteiger partial charge < -0.3 is 19.4 Å². The maximum atomic E-state index is 13.4. The lowest BCUT2D eigenvalue weighted by molar-refractivity contribution is -0.122. The second-order valence-corrected chi connectivity index (χ2v) is 8.64. The number of carbonyl (C=O) groups is 1. The number of aryl methyl sites for hydroxylation is 1. The first-order valence-electron chi connectivity index (χ1n) is 11.9. The van der Waals surface area contributed by atoms with Gasteiger partial charge in [0.2, 0.25) is 5.91 Å². The van der Waals surface area contributed by atoms with Crippen LogP contribution in [0.4, 0.5) is 0 Å². The van der Waals surface area contributed by atoms with Crippen LogP contribution in [0, 0.1) is 0 Å². The highest BCUT2D eigenvalue weighted by atomic mass is 16.6. The minimum Gasteiger partial charge on any atom is -0.486 e. The lowest BCUT2D eigenvalue weighted by atomic mass is 10.1. The van der Waals surface area contributed by atoms with Gasteiger partial charge in [-0.05, 0) is 37.1 Å². The molecule has 1 aliphatic heterocycles. The van der Waals surface area contributed by atoms with Gasteiger partial charge in [0, 0.05) is 6.54 Å². The molecule has 1 amide bonds. The molecule has 2 aromatic heterocycles. The van der Waals surface area contributed by atoms with Gasteiger partial charge in [-0.25, -0.2) is 14.3 Å². The number of imidazole rings is 1. The van der Waals surface area contributed by atoms with E-state index in [1.54, 1.807) is 17.0 Å². The Kier molecular flexibility index (Phi) is 6.32. The number of ether oxygens (including phenoxy) is 2. The molecule has 5 rings (SSSR count). The van der Waals surface area contributed by atoms with Crippen LogP contribution < -0.4 is 26.0 Å². The van der Waals surface area contributed by atoms with Gasteiger partial charge in [0.1, 0.15) is 19.8 Å². The highest BCUT2D eigenvalue weighted by Gasteiger charge is 2.21. The fourth-order valence-electron chi connectivity index (χ4n) is 4.37. The van der Waals surface area contributed by atoms with Crippen LogP contribution in [-0.2, 0) is 24.4 Å². The van der Waals surface area contributed by atoms with Crippen molar-refractivity contribution in [3.8, 4) is 11.5 Å². The van der Waals surface area contributed by atoms with Crippen LogP contribution in [0.3, 0.4) is 0 Å². The summed E-state index contributed by atoms with van der Waals surface area (Å²) < 4.78 is 15.3. The largest absolute Gasteiger partial charge is 0.486 e. The molecule has 10 heteroatoms. The molecule has 10 nitrogen and oxygen atoms in total. The van der Waals surface area contributed by atoms with Crippen molar-refractivity contribution in [2.75, 3.05) is 13.2 Å². The molecule has 0 saturated heterocycles. The second-order valence-electron chi connectivity index (χ2n) is 8.64. The first-order valence-corrected chi connectivity index (χ1v) is 11.9. The summed E-state index contributed by atoms with van der Waals surface area (Å²) in [5.74, 6) is 0.831. The number of nitrogens with zero attached hydrogens (tertiary/aromatic N) is 4. The SMILES string of the molecule is CCn1cnc2c1c(=O)n(CC(=O)N[C@H](C)c1ccc3c(c1)OCCO3)c(=O)n2Cc1ccccc1. The van der Waals surface area contributed by atoms with E-state index in [2.05, 4.69) is 10.3 Å². The highest BCUT2D eigenvalue weighted by Crippen LogP contribution is 2.32. The van der Waals surface area contributed by atoms with Crippen molar-refractivity contribution in [2.45, 2.75) is 39.5 Å². The number of hydrogen-bond donors (Lipinski definition) is 1. The summed E-state index contributed by atoms with van der Waals surface area (Å²) in [6.07, 6.45) is 1.54. The molecule has 0 saturated carbocycles. The normalized spacial score (nSPS) is 13.5. The predicted octanol–water partition coefficient (Wildman–Crippen LogP) is 2.08. The van der Waals surface area contributed by atoms with Gasteiger partial charge in [0.15, 0.2) is 22.7 Å². The van der Waals surface area contributed by atoms with Crippen molar-refractivity contribution in [3.05, 3.63) is 86.8 Å². The number of benzene rings is 2. The van der Waals surface area contributed by atoms with Crippen LogP contribution in [0.15, 0.2) is 64.4 Å². The molecule has 0 fully saturated rings. The van der Waals surface area contributed by atoms with Gasteiger partial charge in [-0.15, -0.1) is 0 Å². The molecule has 186 valence electrons. The number of amides is 1. The number of hydrogen-bond acceptors (Lipinski definition) is 6. The van der Waals surface area contributed by atoms with Crippen LogP contribution in [-0.4, -0.2) is 37.8 Å². The molecule has 2 aromatic carbocycles. The van der Waals surface area contributed by atoms with E-state index < -0.39 is 23.7 Å². The number of carbonyl (C=O) groups excluding carboxylic acids is 1. The molecule has 0 spiro atoms. The van der Waals surface area contributed by atoms with Crippen LogP contribution in [0.25, 0.3) is 11.2 Å². The van der Waals surface area contributed by atoms with E-state index >= 15 is 0 Å². The lowest BCUT2D eigenvalue weighted by Crippen LogP contribution is -2.44. The fraction of sp³-hybridized carbons (Fsp3) is 0.308. The summed E-state index contributed by atoms with van der Waals surface area (Å²) in [5, 5.41) is 2.88. The topological polar surface area (TPSA) is 109 Å². The Morgan fingerprint density at radius 2 is 1.81 bits per heavy atom. The molecule has 4 aromatic rings. The Balaban J connectivity index is 1.45. The second kappa shape index (κ2) is 9.73. The van der Waals surface area contributed by atoms with E-state index in [0.29, 0.717) is 42.4 Å². The molecule has 1 aliphatic rings.